The second-order valence-electron chi connectivity index (χ2n) is 14.4. The molecule has 0 radical (unpaired) electrons. The molecule has 10 heteroatoms. The third-order valence-electron chi connectivity index (χ3n) is 9.29. The van der Waals surface area contributed by atoms with Crippen molar-refractivity contribution in [1.82, 2.24) is 0 Å². The Balaban J connectivity index is 2.42. The highest BCUT2D eigenvalue weighted by Gasteiger charge is 2.44. The van der Waals surface area contributed by atoms with Gasteiger partial charge in [0, 0.05) is 12.8 Å². The van der Waals surface area contributed by atoms with Crippen LogP contribution in [0.15, 0.2) is 85.1 Å². The minimum absolute atomic E-state index is 0.189. The zero-order chi connectivity index (χ0) is 41.6. The molecular formula is C47H76O10. The number of rotatable bonds is 34. The molecule has 6 atom stereocenters. The second-order valence-corrected chi connectivity index (χ2v) is 14.4. The predicted octanol–water partition coefficient (Wildman–Crippen LogP) is 8.99. The highest BCUT2D eigenvalue weighted by molar-refractivity contribution is 5.70. The van der Waals surface area contributed by atoms with Gasteiger partial charge in [-0.25, -0.2) is 0 Å². The van der Waals surface area contributed by atoms with Crippen LogP contribution in [-0.2, 0) is 28.5 Å². The van der Waals surface area contributed by atoms with Crippen LogP contribution in [0.25, 0.3) is 0 Å². The molecule has 0 bridgehead atoms. The van der Waals surface area contributed by atoms with Gasteiger partial charge >= 0.3 is 11.9 Å². The largest absolute Gasteiger partial charge is 0.462 e. The second kappa shape index (κ2) is 37.2. The van der Waals surface area contributed by atoms with Gasteiger partial charge < -0.3 is 39.4 Å². The molecule has 0 saturated carbocycles. The van der Waals surface area contributed by atoms with Crippen molar-refractivity contribution in [3.63, 3.8) is 0 Å². The van der Waals surface area contributed by atoms with E-state index in [0.29, 0.717) is 19.3 Å². The van der Waals surface area contributed by atoms with Gasteiger partial charge in [0.2, 0.25) is 0 Å². The first kappa shape index (κ1) is 51.9. The number of hydrogen-bond donors (Lipinski definition) is 4. The standard InChI is InChI=1S/C47H76O10/c1-3-5-7-9-11-13-15-17-19-20-22-23-25-27-29-31-33-35-42(49)54-38-40(39-55-47-46(53)45(52)44(51)41(37-48)57-47)56-43(50)36-34-32-30-28-26-24-21-18-16-14-12-10-8-6-4-2/h5,7,11,13-14,16-19,21-23,27,29,40-41,44-48,51-53H,3-4,6,8-10,12,15,20,24-26,28,30-39H2,1-2H3/b7-5+,13-11+,16-14+,19-17+,21-18+,23-22+,29-27+/t40-,41-,44+,45?,46?,47-/m0/s1. The van der Waals surface area contributed by atoms with Crippen LogP contribution in [0.4, 0.5) is 0 Å². The number of esters is 2. The molecule has 1 aliphatic heterocycles. The zero-order valence-corrected chi connectivity index (χ0v) is 35.0. The van der Waals surface area contributed by atoms with E-state index >= 15 is 0 Å². The lowest BCUT2D eigenvalue weighted by atomic mass is 9.99. The summed E-state index contributed by atoms with van der Waals surface area (Å²) in [4.78, 5) is 25.3. The average Bonchev–Trinajstić information content (AvgIpc) is 3.21. The van der Waals surface area contributed by atoms with Gasteiger partial charge in [-0.05, 0) is 77.0 Å². The fourth-order valence-electron chi connectivity index (χ4n) is 5.86. The van der Waals surface area contributed by atoms with E-state index < -0.39 is 55.4 Å². The fraction of sp³-hybridized carbons (Fsp3) is 0.660. The first-order valence-corrected chi connectivity index (χ1v) is 21.7. The van der Waals surface area contributed by atoms with Gasteiger partial charge in [0.15, 0.2) is 12.4 Å². The molecule has 1 rings (SSSR count). The van der Waals surface area contributed by atoms with Crippen molar-refractivity contribution in [2.45, 2.75) is 179 Å². The molecule has 1 aliphatic rings. The average molecular weight is 801 g/mol. The summed E-state index contributed by atoms with van der Waals surface area (Å²) in [7, 11) is 0. The maximum Gasteiger partial charge on any atom is 0.306 e. The van der Waals surface area contributed by atoms with Crippen LogP contribution >= 0.6 is 0 Å². The number of hydrogen-bond acceptors (Lipinski definition) is 10. The quantitative estimate of drug-likeness (QED) is 0.0215. The van der Waals surface area contributed by atoms with Gasteiger partial charge in [-0.15, -0.1) is 0 Å². The summed E-state index contributed by atoms with van der Waals surface area (Å²) in [6.45, 7) is 3.19. The molecule has 1 heterocycles. The van der Waals surface area contributed by atoms with Crippen molar-refractivity contribution >= 4 is 11.9 Å². The third kappa shape index (κ3) is 28.9. The van der Waals surface area contributed by atoms with Crippen LogP contribution in [0.5, 0.6) is 0 Å². The predicted molar refractivity (Wildman–Crippen MR) is 228 cm³/mol. The number of allylic oxidation sites excluding steroid dienone is 14. The molecule has 0 aromatic rings. The van der Waals surface area contributed by atoms with E-state index in [9.17, 15) is 30.0 Å². The number of ether oxygens (including phenoxy) is 4. The van der Waals surface area contributed by atoms with E-state index in [-0.39, 0.29) is 26.1 Å². The van der Waals surface area contributed by atoms with Crippen molar-refractivity contribution in [1.29, 1.82) is 0 Å². The van der Waals surface area contributed by atoms with Crippen molar-refractivity contribution in [2.24, 2.45) is 0 Å². The molecule has 324 valence electrons. The normalized spacial score (nSPS) is 21.1. The van der Waals surface area contributed by atoms with E-state index in [0.717, 1.165) is 70.6 Å². The number of carbonyl (C=O) groups excluding carboxylic acids is 2. The van der Waals surface area contributed by atoms with Crippen molar-refractivity contribution in [2.75, 3.05) is 19.8 Å². The van der Waals surface area contributed by atoms with Crippen LogP contribution in [0.3, 0.4) is 0 Å². The van der Waals surface area contributed by atoms with Crippen LogP contribution < -0.4 is 0 Å². The molecule has 0 aromatic carbocycles. The van der Waals surface area contributed by atoms with Gasteiger partial charge in [0.1, 0.15) is 31.0 Å². The Labute approximate surface area is 344 Å². The molecule has 2 unspecified atom stereocenters. The lowest BCUT2D eigenvalue weighted by Crippen LogP contribution is -2.59. The van der Waals surface area contributed by atoms with E-state index in [1.165, 1.54) is 25.7 Å². The topological polar surface area (TPSA) is 152 Å². The fourth-order valence-corrected chi connectivity index (χ4v) is 5.86. The third-order valence-corrected chi connectivity index (χ3v) is 9.29. The molecule has 1 fully saturated rings. The maximum absolute atomic E-state index is 12.7. The summed E-state index contributed by atoms with van der Waals surface area (Å²) in [5.74, 6) is -0.902. The highest BCUT2D eigenvalue weighted by Crippen LogP contribution is 2.22. The Morgan fingerprint density at radius 2 is 1.11 bits per heavy atom. The van der Waals surface area contributed by atoms with Crippen LogP contribution in [0, 0.1) is 0 Å². The number of unbranched alkanes of at least 4 members (excludes halogenated alkanes) is 10. The molecule has 0 amide bonds. The van der Waals surface area contributed by atoms with Gasteiger partial charge in [-0.2, -0.15) is 0 Å². The van der Waals surface area contributed by atoms with Gasteiger partial charge in [0.25, 0.3) is 0 Å². The molecular weight excluding hydrogens is 725 g/mol. The van der Waals surface area contributed by atoms with E-state index in [2.05, 4.69) is 92.8 Å². The summed E-state index contributed by atoms with van der Waals surface area (Å²) in [6, 6.07) is 0. The van der Waals surface area contributed by atoms with Gasteiger partial charge in [-0.1, -0.05) is 137 Å². The molecule has 4 N–H and O–H groups in total. The Morgan fingerprint density at radius 1 is 0.579 bits per heavy atom. The Hall–Kier alpha value is -3.12. The van der Waals surface area contributed by atoms with Crippen molar-refractivity contribution < 1.29 is 49.0 Å². The highest BCUT2D eigenvalue weighted by atomic mass is 16.7. The monoisotopic (exact) mass is 801 g/mol. The summed E-state index contributed by atoms with van der Waals surface area (Å²) in [6.07, 6.45) is 40.2. The van der Waals surface area contributed by atoms with E-state index in [1.54, 1.807) is 0 Å². The smallest absolute Gasteiger partial charge is 0.306 e. The van der Waals surface area contributed by atoms with Gasteiger partial charge in [-0.3, -0.25) is 9.59 Å². The SMILES string of the molecule is CC/C=C/C/C=C/C/C=C/C/C=C/C/C=C/CCCC(=O)OC[C@@H](CO[C@H]1O[C@@H](CO)[C@@H](O)C(O)C1O)OC(=O)CCCCCCC/C=C/C=C/CCCCCC. The zero-order valence-electron chi connectivity index (χ0n) is 35.0. The van der Waals surface area contributed by atoms with Gasteiger partial charge in [0.05, 0.1) is 13.2 Å². The Bertz CT molecular complexity index is 1200. The molecule has 0 aromatic heterocycles. The lowest BCUT2D eigenvalue weighted by molar-refractivity contribution is -0.305. The van der Waals surface area contributed by atoms with E-state index in [1.807, 2.05) is 6.08 Å². The minimum atomic E-state index is -1.61. The van der Waals surface area contributed by atoms with Crippen molar-refractivity contribution in [3.8, 4) is 0 Å². The number of aliphatic hydroxyl groups is 4. The molecule has 0 spiro atoms. The summed E-state index contributed by atoms with van der Waals surface area (Å²) in [5, 5.41) is 40.0. The summed E-state index contributed by atoms with van der Waals surface area (Å²) < 4.78 is 22.1. The summed E-state index contributed by atoms with van der Waals surface area (Å²) >= 11 is 0. The van der Waals surface area contributed by atoms with E-state index in [4.69, 9.17) is 18.9 Å². The number of carbonyl (C=O) groups is 2. The first-order chi connectivity index (χ1) is 27.8. The van der Waals surface area contributed by atoms with Crippen LogP contribution in [0.2, 0.25) is 0 Å². The molecule has 57 heavy (non-hydrogen) atoms. The first-order valence-electron chi connectivity index (χ1n) is 21.7. The Kier molecular flexibility index (Phi) is 33.8. The lowest BCUT2D eigenvalue weighted by Gasteiger charge is -2.39. The molecule has 10 nitrogen and oxygen atoms in total. The number of aliphatic hydroxyl groups excluding tert-OH is 4. The Morgan fingerprint density at radius 3 is 1.70 bits per heavy atom. The molecule has 0 aliphatic carbocycles. The minimum Gasteiger partial charge on any atom is -0.462 e. The maximum atomic E-state index is 12.7. The van der Waals surface area contributed by atoms with Crippen LogP contribution in [-0.4, -0.2) is 89.0 Å². The molecule has 1 saturated heterocycles. The van der Waals surface area contributed by atoms with Crippen LogP contribution in [0.1, 0.15) is 142 Å². The summed E-state index contributed by atoms with van der Waals surface area (Å²) in [5.41, 5.74) is 0. The van der Waals surface area contributed by atoms with Crippen molar-refractivity contribution in [3.05, 3.63) is 85.1 Å².